The van der Waals surface area contributed by atoms with Crippen LogP contribution in [0.3, 0.4) is 0 Å². The Hall–Kier alpha value is -0.590. The first-order valence-electron chi connectivity index (χ1n) is 8.07. The molecule has 0 aromatic carbocycles. The lowest BCUT2D eigenvalue weighted by molar-refractivity contribution is -0.115. The molecule has 1 nitrogen and oxygen atoms in total. The zero-order chi connectivity index (χ0) is 12.6. The average Bonchev–Trinajstić information content (AvgIpc) is 2.40. The highest BCUT2D eigenvalue weighted by Crippen LogP contribution is 2.28. The van der Waals surface area contributed by atoms with Crippen molar-refractivity contribution in [3.8, 4) is 0 Å². The molecule has 2 aliphatic carbocycles. The van der Waals surface area contributed by atoms with Gasteiger partial charge in [0.15, 0.2) is 5.78 Å². The fourth-order valence-corrected chi connectivity index (χ4v) is 3.50. The average molecular weight is 248 g/mol. The minimum Gasteiger partial charge on any atom is -0.295 e. The van der Waals surface area contributed by atoms with E-state index in [2.05, 4.69) is 0 Å². The van der Waals surface area contributed by atoms with Crippen LogP contribution in [0.1, 0.15) is 83.5 Å². The molecule has 2 rings (SSSR count). The Bertz CT molecular complexity index is 284. The summed E-state index contributed by atoms with van der Waals surface area (Å²) in [6.45, 7) is 0. The number of ketones is 1. The molecule has 0 aromatic heterocycles. The number of rotatable bonds is 6. The lowest BCUT2D eigenvalue weighted by Crippen LogP contribution is -2.06. The number of allylic oxidation sites excluding steroid dienone is 2. The second-order valence-corrected chi connectivity index (χ2v) is 6.23. The maximum Gasteiger partial charge on any atom is 0.155 e. The van der Waals surface area contributed by atoms with Crippen molar-refractivity contribution >= 4 is 5.78 Å². The van der Waals surface area contributed by atoms with Gasteiger partial charge in [-0.25, -0.2) is 0 Å². The Morgan fingerprint density at radius 2 is 1.78 bits per heavy atom. The topological polar surface area (TPSA) is 17.1 Å². The first-order chi connectivity index (χ1) is 8.84. The maximum absolute atomic E-state index is 11.3. The Morgan fingerprint density at radius 1 is 0.944 bits per heavy atom. The van der Waals surface area contributed by atoms with E-state index in [1.807, 2.05) is 6.08 Å². The smallest absolute Gasteiger partial charge is 0.155 e. The molecular formula is C17H28O. The van der Waals surface area contributed by atoms with Crippen molar-refractivity contribution in [3.05, 3.63) is 11.6 Å². The van der Waals surface area contributed by atoms with Crippen molar-refractivity contribution < 1.29 is 4.79 Å². The van der Waals surface area contributed by atoms with E-state index in [1.165, 1.54) is 76.2 Å². The Morgan fingerprint density at radius 3 is 2.56 bits per heavy atom. The normalized spacial score (nSPS) is 22.0. The van der Waals surface area contributed by atoms with Crippen LogP contribution in [-0.2, 0) is 4.79 Å². The van der Waals surface area contributed by atoms with Gasteiger partial charge in [-0.2, -0.15) is 0 Å². The van der Waals surface area contributed by atoms with Gasteiger partial charge in [-0.05, 0) is 37.7 Å². The van der Waals surface area contributed by atoms with E-state index in [0.29, 0.717) is 5.78 Å². The molecule has 18 heavy (non-hydrogen) atoms. The molecule has 0 atom stereocenters. The summed E-state index contributed by atoms with van der Waals surface area (Å²) in [5.74, 6) is 1.40. The molecule has 0 unspecified atom stereocenters. The molecule has 1 heteroatoms. The Labute approximate surface area is 112 Å². The maximum atomic E-state index is 11.3. The second-order valence-electron chi connectivity index (χ2n) is 6.23. The molecule has 0 amide bonds. The molecule has 1 saturated carbocycles. The van der Waals surface area contributed by atoms with Gasteiger partial charge in [0.2, 0.25) is 0 Å². The molecule has 0 heterocycles. The van der Waals surface area contributed by atoms with Crippen LogP contribution in [0.25, 0.3) is 0 Å². The van der Waals surface area contributed by atoms with Gasteiger partial charge in [0, 0.05) is 6.42 Å². The fourth-order valence-electron chi connectivity index (χ4n) is 3.50. The number of hydrogen-bond donors (Lipinski definition) is 0. The predicted octanol–water partition coefficient (Wildman–Crippen LogP) is 5.20. The van der Waals surface area contributed by atoms with Crippen LogP contribution in [0.5, 0.6) is 0 Å². The molecule has 1 fully saturated rings. The predicted molar refractivity (Wildman–Crippen MR) is 76.6 cm³/mol. The van der Waals surface area contributed by atoms with Crippen LogP contribution >= 0.6 is 0 Å². The van der Waals surface area contributed by atoms with E-state index in [0.717, 1.165) is 18.8 Å². The molecule has 0 aromatic rings. The second kappa shape index (κ2) is 7.76. The van der Waals surface area contributed by atoms with Crippen LogP contribution in [0.4, 0.5) is 0 Å². The molecule has 0 N–H and O–H groups in total. The number of hydrogen-bond acceptors (Lipinski definition) is 1. The molecule has 2 aliphatic rings. The van der Waals surface area contributed by atoms with Gasteiger partial charge in [0.25, 0.3) is 0 Å². The highest BCUT2D eigenvalue weighted by atomic mass is 16.1. The molecule has 0 bridgehead atoms. The van der Waals surface area contributed by atoms with Crippen molar-refractivity contribution in [1.82, 2.24) is 0 Å². The van der Waals surface area contributed by atoms with Crippen LogP contribution in [0.2, 0.25) is 0 Å². The van der Waals surface area contributed by atoms with Crippen LogP contribution < -0.4 is 0 Å². The Kier molecular flexibility index (Phi) is 5.96. The van der Waals surface area contributed by atoms with Gasteiger partial charge in [0.05, 0.1) is 0 Å². The van der Waals surface area contributed by atoms with E-state index in [9.17, 15) is 4.79 Å². The van der Waals surface area contributed by atoms with Gasteiger partial charge >= 0.3 is 0 Å². The minimum absolute atomic E-state index is 0.360. The quantitative estimate of drug-likeness (QED) is 0.591. The largest absolute Gasteiger partial charge is 0.295 e. The van der Waals surface area contributed by atoms with Crippen molar-refractivity contribution in [2.45, 2.75) is 83.5 Å². The van der Waals surface area contributed by atoms with E-state index >= 15 is 0 Å². The van der Waals surface area contributed by atoms with Crippen molar-refractivity contribution in [2.24, 2.45) is 5.92 Å². The molecular weight excluding hydrogens is 220 g/mol. The summed E-state index contributed by atoms with van der Waals surface area (Å²) in [6, 6.07) is 0. The monoisotopic (exact) mass is 248 g/mol. The summed E-state index contributed by atoms with van der Waals surface area (Å²) in [7, 11) is 0. The lowest BCUT2D eigenvalue weighted by atomic mass is 9.85. The third-order valence-electron chi connectivity index (χ3n) is 4.62. The van der Waals surface area contributed by atoms with Crippen LogP contribution in [-0.4, -0.2) is 5.78 Å². The van der Waals surface area contributed by atoms with E-state index < -0.39 is 0 Å². The van der Waals surface area contributed by atoms with Crippen molar-refractivity contribution in [2.75, 3.05) is 0 Å². The first kappa shape index (κ1) is 13.8. The third kappa shape index (κ3) is 4.96. The third-order valence-corrected chi connectivity index (χ3v) is 4.62. The SMILES string of the molecule is O=C1C=C(CCCCCC2CCCCC2)CCC1. The van der Waals surface area contributed by atoms with Crippen molar-refractivity contribution in [3.63, 3.8) is 0 Å². The van der Waals surface area contributed by atoms with E-state index in [-0.39, 0.29) is 0 Å². The summed E-state index contributed by atoms with van der Waals surface area (Å²) >= 11 is 0. The zero-order valence-electron chi connectivity index (χ0n) is 11.8. The highest BCUT2D eigenvalue weighted by molar-refractivity contribution is 5.91. The first-order valence-corrected chi connectivity index (χ1v) is 8.07. The Balaban J connectivity index is 1.51. The standard InChI is InChI=1S/C17H28O/c18-17-13-7-12-16(14-17)11-6-2-5-10-15-8-3-1-4-9-15/h14-15H,1-13H2. The number of carbonyl (C=O) groups excluding carboxylic acids is 1. The molecule has 102 valence electrons. The van der Waals surface area contributed by atoms with Gasteiger partial charge < -0.3 is 0 Å². The van der Waals surface area contributed by atoms with Gasteiger partial charge in [0.1, 0.15) is 0 Å². The summed E-state index contributed by atoms with van der Waals surface area (Å²) in [5, 5.41) is 0. The lowest BCUT2D eigenvalue weighted by Gasteiger charge is -2.21. The molecule has 0 saturated heterocycles. The number of unbranched alkanes of at least 4 members (excludes halogenated alkanes) is 2. The molecule has 0 aliphatic heterocycles. The van der Waals surface area contributed by atoms with Gasteiger partial charge in [-0.15, -0.1) is 0 Å². The van der Waals surface area contributed by atoms with Crippen molar-refractivity contribution in [1.29, 1.82) is 0 Å². The van der Waals surface area contributed by atoms with E-state index in [4.69, 9.17) is 0 Å². The minimum atomic E-state index is 0.360. The number of carbonyl (C=O) groups is 1. The summed E-state index contributed by atoms with van der Waals surface area (Å²) in [4.78, 5) is 11.3. The summed E-state index contributed by atoms with van der Waals surface area (Å²) < 4.78 is 0. The van der Waals surface area contributed by atoms with Crippen LogP contribution in [0.15, 0.2) is 11.6 Å². The molecule has 0 radical (unpaired) electrons. The van der Waals surface area contributed by atoms with Crippen LogP contribution in [0, 0.1) is 5.92 Å². The fraction of sp³-hybridized carbons (Fsp3) is 0.824. The molecule has 0 spiro atoms. The summed E-state index contributed by atoms with van der Waals surface area (Å²) in [5.41, 5.74) is 1.42. The zero-order valence-corrected chi connectivity index (χ0v) is 11.8. The highest BCUT2D eigenvalue weighted by Gasteiger charge is 2.13. The van der Waals surface area contributed by atoms with Gasteiger partial charge in [-0.3, -0.25) is 4.79 Å². The van der Waals surface area contributed by atoms with E-state index in [1.54, 1.807) is 0 Å². The summed E-state index contributed by atoms with van der Waals surface area (Å²) in [6.07, 6.45) is 19.1. The van der Waals surface area contributed by atoms with Gasteiger partial charge in [-0.1, -0.05) is 56.9 Å².